The molecule has 0 aliphatic carbocycles. The van der Waals surface area contributed by atoms with E-state index in [0.717, 1.165) is 72.5 Å². The Kier molecular flexibility index (Phi) is 8.39. The van der Waals surface area contributed by atoms with Gasteiger partial charge in [-0.3, -0.25) is 9.58 Å². The predicted molar refractivity (Wildman–Crippen MR) is 167 cm³/mol. The summed E-state index contributed by atoms with van der Waals surface area (Å²) in [6, 6.07) is 16.6. The molecule has 10 nitrogen and oxygen atoms in total. The van der Waals surface area contributed by atoms with Gasteiger partial charge in [0.05, 0.1) is 47.0 Å². The van der Waals surface area contributed by atoms with E-state index in [2.05, 4.69) is 21.5 Å². The number of aromatic carboxylic acids is 1. The number of halogens is 2. The maximum Gasteiger partial charge on any atom is 0.335 e. The number of hydrogen-bond donors (Lipinski definition) is 1. The third-order valence-corrected chi connectivity index (χ3v) is 9.23. The van der Waals surface area contributed by atoms with Gasteiger partial charge in [0.1, 0.15) is 19.0 Å². The number of ether oxygens (including phenoxy) is 2. The fourth-order valence-electron chi connectivity index (χ4n) is 6.54. The van der Waals surface area contributed by atoms with Gasteiger partial charge in [0, 0.05) is 29.7 Å². The molecular formula is C34H36F2N6O4. The van der Waals surface area contributed by atoms with Crippen LogP contribution in [0.2, 0.25) is 0 Å². The minimum Gasteiger partial charge on any atom is -0.478 e. The minimum atomic E-state index is -2.48. The Bertz CT molecular complexity index is 1860. The van der Waals surface area contributed by atoms with Crippen molar-refractivity contribution in [1.82, 2.24) is 29.2 Å². The highest BCUT2D eigenvalue weighted by atomic mass is 19.3. The molecule has 1 unspecified atom stereocenters. The molecule has 2 aliphatic heterocycles. The topological polar surface area (TPSA) is 108 Å². The van der Waals surface area contributed by atoms with Gasteiger partial charge in [0.2, 0.25) is 5.88 Å². The van der Waals surface area contributed by atoms with Crippen LogP contribution in [-0.2, 0) is 24.4 Å². The van der Waals surface area contributed by atoms with Gasteiger partial charge in [0.15, 0.2) is 0 Å². The van der Waals surface area contributed by atoms with E-state index in [1.54, 1.807) is 24.4 Å². The van der Waals surface area contributed by atoms with Crippen LogP contribution >= 0.6 is 0 Å². The Morgan fingerprint density at radius 1 is 1.07 bits per heavy atom. The molecule has 2 fully saturated rings. The van der Waals surface area contributed by atoms with E-state index < -0.39 is 18.9 Å². The molecule has 2 saturated heterocycles. The zero-order valence-electron chi connectivity index (χ0n) is 25.6. The molecule has 2 aromatic carbocycles. The van der Waals surface area contributed by atoms with Gasteiger partial charge in [-0.25, -0.2) is 23.5 Å². The van der Waals surface area contributed by atoms with E-state index in [9.17, 15) is 18.7 Å². The zero-order valence-corrected chi connectivity index (χ0v) is 25.6. The first-order valence-electron chi connectivity index (χ1n) is 15.7. The number of nitrogens with zero attached hydrogens (tertiary/aromatic N) is 6. The summed E-state index contributed by atoms with van der Waals surface area (Å²) in [5, 5.41) is 14.5. The second-order valence-corrected chi connectivity index (χ2v) is 12.2. The first-order chi connectivity index (χ1) is 22.3. The first kappa shape index (κ1) is 30.2. The van der Waals surface area contributed by atoms with E-state index in [4.69, 9.17) is 19.4 Å². The third kappa shape index (κ3) is 6.19. The van der Waals surface area contributed by atoms with Crippen LogP contribution in [0.1, 0.15) is 65.6 Å². The Morgan fingerprint density at radius 2 is 1.89 bits per heavy atom. The SMILES string of the molecule is CC(c1nc2ccc(C(=O)O)cc2n1C[C@@H]1CCO1)N1CCC(c2cccc(OCc3ccc4cnn(CC(F)F)c4c3)n2)CC1. The summed E-state index contributed by atoms with van der Waals surface area (Å²) in [5.74, 6) is 0.788. The number of likely N-dealkylation sites (tertiary alicyclic amines) is 1. The monoisotopic (exact) mass is 630 g/mol. The van der Waals surface area contributed by atoms with E-state index in [-0.39, 0.29) is 30.2 Å². The average Bonchev–Trinajstić information content (AvgIpc) is 3.61. The van der Waals surface area contributed by atoms with E-state index in [0.29, 0.717) is 17.9 Å². The molecule has 46 heavy (non-hydrogen) atoms. The molecule has 0 spiro atoms. The maximum atomic E-state index is 13.0. The van der Waals surface area contributed by atoms with Crippen molar-refractivity contribution < 1.29 is 28.2 Å². The van der Waals surface area contributed by atoms with Gasteiger partial charge >= 0.3 is 5.97 Å². The molecule has 0 radical (unpaired) electrons. The molecule has 0 saturated carbocycles. The summed E-state index contributed by atoms with van der Waals surface area (Å²) >= 11 is 0. The summed E-state index contributed by atoms with van der Waals surface area (Å²) in [5.41, 5.74) is 4.37. The number of benzene rings is 2. The quantitative estimate of drug-likeness (QED) is 0.188. The van der Waals surface area contributed by atoms with Gasteiger partial charge in [-0.2, -0.15) is 5.10 Å². The number of pyridine rings is 1. The zero-order chi connectivity index (χ0) is 31.8. The fourth-order valence-corrected chi connectivity index (χ4v) is 6.54. The summed E-state index contributed by atoms with van der Waals surface area (Å²) in [6.45, 7) is 5.13. The molecular weight excluding hydrogens is 594 g/mol. The average molecular weight is 631 g/mol. The number of carboxylic acid groups (broad SMARTS) is 1. The van der Waals surface area contributed by atoms with Crippen LogP contribution in [0.15, 0.2) is 60.8 Å². The van der Waals surface area contributed by atoms with E-state index in [1.807, 2.05) is 36.4 Å². The molecule has 240 valence electrons. The highest BCUT2D eigenvalue weighted by Crippen LogP contribution is 2.34. The lowest BCUT2D eigenvalue weighted by atomic mass is 9.92. The molecule has 12 heteroatoms. The Hall–Kier alpha value is -4.42. The molecule has 2 atom stereocenters. The van der Waals surface area contributed by atoms with Crippen molar-refractivity contribution in [3.8, 4) is 5.88 Å². The molecule has 0 amide bonds. The Morgan fingerprint density at radius 3 is 2.63 bits per heavy atom. The van der Waals surface area contributed by atoms with Crippen molar-refractivity contribution in [3.63, 3.8) is 0 Å². The number of alkyl halides is 2. The minimum absolute atomic E-state index is 0.0404. The van der Waals surface area contributed by atoms with E-state index in [1.165, 1.54) is 4.68 Å². The Balaban J connectivity index is 1.01. The number of hydrogen-bond acceptors (Lipinski definition) is 7. The number of carbonyl (C=O) groups is 1. The van der Waals surface area contributed by atoms with Gasteiger partial charge in [-0.15, -0.1) is 0 Å². The van der Waals surface area contributed by atoms with Crippen LogP contribution in [0, 0.1) is 0 Å². The predicted octanol–water partition coefficient (Wildman–Crippen LogP) is 6.05. The van der Waals surface area contributed by atoms with Crippen molar-refractivity contribution in [2.75, 3.05) is 19.7 Å². The highest BCUT2D eigenvalue weighted by molar-refractivity contribution is 5.92. The maximum absolute atomic E-state index is 13.0. The molecule has 3 aromatic heterocycles. The number of carboxylic acids is 1. The number of aromatic nitrogens is 5. The normalized spacial score (nSPS) is 18.3. The number of rotatable bonds is 11. The van der Waals surface area contributed by atoms with Crippen LogP contribution in [0.5, 0.6) is 5.88 Å². The molecule has 1 N–H and O–H groups in total. The molecule has 2 aliphatic rings. The lowest BCUT2D eigenvalue weighted by Crippen LogP contribution is -2.37. The smallest absolute Gasteiger partial charge is 0.335 e. The summed E-state index contributed by atoms with van der Waals surface area (Å²) in [6.07, 6.45) is 2.07. The van der Waals surface area contributed by atoms with Crippen LogP contribution < -0.4 is 4.74 Å². The second-order valence-electron chi connectivity index (χ2n) is 12.2. The number of piperidine rings is 1. The van der Waals surface area contributed by atoms with Crippen molar-refractivity contribution in [2.24, 2.45) is 0 Å². The molecule has 5 heterocycles. The molecule has 7 rings (SSSR count). The third-order valence-electron chi connectivity index (χ3n) is 9.23. The van der Waals surface area contributed by atoms with E-state index >= 15 is 0 Å². The number of fused-ring (bicyclic) bond motifs is 2. The van der Waals surface area contributed by atoms with Crippen LogP contribution in [0.3, 0.4) is 0 Å². The van der Waals surface area contributed by atoms with Crippen LogP contribution in [0.4, 0.5) is 8.78 Å². The molecule has 5 aromatic rings. The van der Waals surface area contributed by atoms with Crippen molar-refractivity contribution in [3.05, 3.63) is 83.4 Å². The van der Waals surface area contributed by atoms with Gasteiger partial charge in [-0.05, 0) is 75.2 Å². The fraction of sp³-hybridized carbons (Fsp3) is 0.412. The van der Waals surface area contributed by atoms with Crippen molar-refractivity contribution >= 4 is 27.9 Å². The van der Waals surface area contributed by atoms with Crippen molar-refractivity contribution in [2.45, 2.75) is 70.4 Å². The van der Waals surface area contributed by atoms with Crippen LogP contribution in [-0.4, -0.2) is 72.5 Å². The van der Waals surface area contributed by atoms with Gasteiger partial charge < -0.3 is 19.1 Å². The molecule has 0 bridgehead atoms. The first-order valence-corrected chi connectivity index (χ1v) is 15.7. The highest BCUT2D eigenvalue weighted by Gasteiger charge is 2.30. The summed E-state index contributed by atoms with van der Waals surface area (Å²) in [7, 11) is 0. The number of imidazole rings is 1. The second kappa shape index (κ2) is 12.8. The van der Waals surface area contributed by atoms with Crippen LogP contribution in [0.25, 0.3) is 21.9 Å². The largest absolute Gasteiger partial charge is 0.478 e. The summed E-state index contributed by atoms with van der Waals surface area (Å²) in [4.78, 5) is 23.9. The summed E-state index contributed by atoms with van der Waals surface area (Å²) < 4.78 is 41.1. The van der Waals surface area contributed by atoms with Gasteiger partial charge in [-0.1, -0.05) is 18.2 Å². The lowest BCUT2D eigenvalue weighted by molar-refractivity contribution is -0.0594. The van der Waals surface area contributed by atoms with Gasteiger partial charge in [0.25, 0.3) is 6.43 Å². The lowest BCUT2D eigenvalue weighted by Gasteiger charge is -2.36. The van der Waals surface area contributed by atoms with Crippen molar-refractivity contribution in [1.29, 1.82) is 0 Å². The standard InChI is InChI=1S/C34H36F2N6O4/c1-21(33-39-28-8-7-24(34(43)44)16-30(28)41(33)18-26-11-14-45-26)40-12-9-23(10-13-40)27-3-2-4-32(38-27)46-20-22-5-6-25-17-37-42(19-31(35)36)29(25)15-22/h2-8,15-17,21,23,26,31H,9-14,18-20H2,1H3,(H,43,44)/t21?,26-/m0/s1. The Labute approximate surface area is 264 Å².